The van der Waals surface area contributed by atoms with Gasteiger partial charge in [-0.1, -0.05) is 42.5 Å². The van der Waals surface area contributed by atoms with Crippen molar-refractivity contribution in [2.75, 3.05) is 7.11 Å². The first-order valence-electron chi connectivity index (χ1n) is 8.95. The number of methoxy groups -OCH3 is 1. The number of amides is 1. The zero-order chi connectivity index (χ0) is 19.8. The number of hydrogen-bond donors (Lipinski definition) is 1. The van der Waals surface area contributed by atoms with E-state index in [1.165, 1.54) is 0 Å². The van der Waals surface area contributed by atoms with E-state index in [1.807, 2.05) is 78.9 Å². The van der Waals surface area contributed by atoms with Crippen LogP contribution >= 0.6 is 0 Å². The van der Waals surface area contributed by atoms with Crippen LogP contribution in [-0.4, -0.2) is 25.3 Å². The highest BCUT2D eigenvalue weighted by Gasteiger charge is 2.13. The molecule has 0 bridgehead atoms. The molecular formula is C23H22N2O3. The van der Waals surface area contributed by atoms with Gasteiger partial charge in [0.2, 0.25) is 0 Å². The number of nitrogens with zero attached hydrogens (tertiary/aromatic N) is 1. The fraction of sp³-hybridized carbons (Fsp3) is 0.130. The Balaban J connectivity index is 1.52. The first kappa shape index (κ1) is 19.2. The maximum atomic E-state index is 12.2. The molecule has 3 rings (SSSR count). The number of hydrazone groups is 1. The molecule has 0 saturated carbocycles. The van der Waals surface area contributed by atoms with Crippen molar-refractivity contribution < 1.29 is 14.3 Å². The molecule has 0 aliphatic carbocycles. The first-order valence-corrected chi connectivity index (χ1v) is 8.95. The van der Waals surface area contributed by atoms with Gasteiger partial charge in [0.25, 0.3) is 5.91 Å². The van der Waals surface area contributed by atoms with Crippen LogP contribution in [-0.2, 0) is 4.79 Å². The Kier molecular flexibility index (Phi) is 6.41. The third-order valence-electron chi connectivity index (χ3n) is 4.15. The van der Waals surface area contributed by atoms with E-state index in [9.17, 15) is 4.79 Å². The van der Waals surface area contributed by atoms with E-state index in [2.05, 4.69) is 10.5 Å². The number of benzene rings is 3. The maximum absolute atomic E-state index is 12.2. The predicted octanol–water partition coefficient (Wildman–Crippen LogP) is 4.28. The number of carbonyl (C=O) groups excluding carboxylic acids is 1. The Morgan fingerprint density at radius 2 is 1.50 bits per heavy atom. The van der Waals surface area contributed by atoms with Gasteiger partial charge < -0.3 is 9.47 Å². The van der Waals surface area contributed by atoms with Crippen LogP contribution < -0.4 is 14.9 Å². The first-order chi connectivity index (χ1) is 13.7. The van der Waals surface area contributed by atoms with Crippen LogP contribution in [0, 0.1) is 0 Å². The lowest BCUT2D eigenvalue weighted by molar-refractivity contribution is -0.127. The molecule has 0 spiro atoms. The van der Waals surface area contributed by atoms with E-state index in [1.54, 1.807) is 20.2 Å². The summed E-state index contributed by atoms with van der Waals surface area (Å²) >= 11 is 0. The Morgan fingerprint density at radius 1 is 0.893 bits per heavy atom. The lowest BCUT2D eigenvalue weighted by atomic mass is 10.1. The van der Waals surface area contributed by atoms with Crippen LogP contribution in [0.25, 0.3) is 11.1 Å². The van der Waals surface area contributed by atoms with Gasteiger partial charge in [-0.15, -0.1) is 0 Å². The molecule has 3 aromatic rings. The zero-order valence-corrected chi connectivity index (χ0v) is 15.8. The maximum Gasteiger partial charge on any atom is 0.280 e. The van der Waals surface area contributed by atoms with Crippen molar-refractivity contribution in [2.24, 2.45) is 5.10 Å². The summed E-state index contributed by atoms with van der Waals surface area (Å²) in [5.74, 6) is 1.07. The van der Waals surface area contributed by atoms with Gasteiger partial charge in [-0.05, 0) is 60.0 Å². The summed E-state index contributed by atoms with van der Waals surface area (Å²) in [6, 6.07) is 25.1. The van der Waals surface area contributed by atoms with Crippen LogP contribution in [0.5, 0.6) is 11.5 Å². The van der Waals surface area contributed by atoms with E-state index in [0.29, 0.717) is 5.75 Å². The van der Waals surface area contributed by atoms with Gasteiger partial charge in [0.1, 0.15) is 11.5 Å². The molecule has 0 fully saturated rings. The third kappa shape index (κ3) is 5.20. The van der Waals surface area contributed by atoms with E-state index in [0.717, 1.165) is 22.4 Å². The Hall–Kier alpha value is -3.60. The fourth-order valence-corrected chi connectivity index (χ4v) is 2.57. The Labute approximate surface area is 164 Å². The van der Waals surface area contributed by atoms with Gasteiger partial charge in [-0.25, -0.2) is 5.43 Å². The number of hydrogen-bond acceptors (Lipinski definition) is 4. The number of rotatable bonds is 7. The lowest BCUT2D eigenvalue weighted by Crippen LogP contribution is -2.33. The Morgan fingerprint density at radius 3 is 2.14 bits per heavy atom. The van der Waals surface area contributed by atoms with Gasteiger partial charge in [0.05, 0.1) is 13.3 Å². The quantitative estimate of drug-likeness (QED) is 0.496. The lowest BCUT2D eigenvalue weighted by Gasteiger charge is -2.13. The molecule has 1 N–H and O–H groups in total. The van der Waals surface area contributed by atoms with Crippen LogP contribution in [0.2, 0.25) is 0 Å². The number of carbonyl (C=O) groups is 1. The van der Waals surface area contributed by atoms with Gasteiger partial charge in [-0.2, -0.15) is 5.10 Å². The van der Waals surface area contributed by atoms with Crippen molar-refractivity contribution >= 4 is 12.1 Å². The Bertz CT molecular complexity index is 920. The summed E-state index contributed by atoms with van der Waals surface area (Å²) < 4.78 is 10.8. The summed E-state index contributed by atoms with van der Waals surface area (Å²) in [7, 11) is 1.61. The molecule has 0 saturated heterocycles. The standard InChI is InChI=1S/C23H22N2O3/c1-17(23(26)25-24-16-18-8-12-21(27-2)13-9-18)28-22-14-10-20(11-15-22)19-6-4-3-5-7-19/h3-17H,1-2H3,(H,25,26)/b24-16-/t17-/m1/s1. The molecule has 28 heavy (non-hydrogen) atoms. The van der Waals surface area contributed by atoms with Crippen molar-refractivity contribution in [2.45, 2.75) is 13.0 Å². The van der Waals surface area contributed by atoms with E-state index >= 15 is 0 Å². The monoisotopic (exact) mass is 374 g/mol. The minimum Gasteiger partial charge on any atom is -0.497 e. The fourth-order valence-electron chi connectivity index (χ4n) is 2.57. The van der Waals surface area contributed by atoms with Crippen LogP contribution in [0.4, 0.5) is 0 Å². The molecule has 0 aliphatic heterocycles. The molecule has 142 valence electrons. The molecule has 0 aromatic heterocycles. The van der Waals surface area contributed by atoms with Crippen LogP contribution in [0.3, 0.4) is 0 Å². The van der Waals surface area contributed by atoms with E-state index in [-0.39, 0.29) is 5.91 Å². The van der Waals surface area contributed by atoms with Crippen LogP contribution in [0.15, 0.2) is 84.0 Å². The second-order valence-electron chi connectivity index (χ2n) is 6.16. The van der Waals surface area contributed by atoms with Gasteiger partial charge in [0.15, 0.2) is 6.10 Å². The average molecular weight is 374 g/mol. The minimum absolute atomic E-state index is 0.322. The summed E-state index contributed by atoms with van der Waals surface area (Å²) in [4.78, 5) is 12.2. The van der Waals surface area contributed by atoms with Crippen molar-refractivity contribution in [1.29, 1.82) is 0 Å². The molecule has 0 radical (unpaired) electrons. The van der Waals surface area contributed by atoms with Crippen LogP contribution in [0.1, 0.15) is 12.5 Å². The van der Waals surface area contributed by atoms with Gasteiger partial charge in [0, 0.05) is 0 Å². The molecule has 0 aliphatic rings. The summed E-state index contributed by atoms with van der Waals surface area (Å²) in [6.45, 7) is 1.68. The smallest absolute Gasteiger partial charge is 0.280 e. The van der Waals surface area contributed by atoms with Crippen molar-refractivity contribution in [3.63, 3.8) is 0 Å². The molecule has 1 amide bonds. The predicted molar refractivity (Wildman–Crippen MR) is 111 cm³/mol. The average Bonchev–Trinajstić information content (AvgIpc) is 2.75. The van der Waals surface area contributed by atoms with E-state index < -0.39 is 6.10 Å². The van der Waals surface area contributed by atoms with Gasteiger partial charge >= 0.3 is 0 Å². The summed E-state index contributed by atoms with van der Waals surface area (Å²) in [5.41, 5.74) is 5.57. The number of nitrogens with one attached hydrogen (secondary N) is 1. The van der Waals surface area contributed by atoms with Crippen molar-refractivity contribution in [1.82, 2.24) is 5.43 Å². The summed E-state index contributed by atoms with van der Waals surface area (Å²) in [6.07, 6.45) is 0.897. The number of ether oxygens (including phenoxy) is 2. The minimum atomic E-state index is -0.671. The van der Waals surface area contributed by atoms with E-state index in [4.69, 9.17) is 9.47 Å². The topological polar surface area (TPSA) is 59.9 Å². The zero-order valence-electron chi connectivity index (χ0n) is 15.8. The molecular weight excluding hydrogens is 352 g/mol. The highest BCUT2D eigenvalue weighted by molar-refractivity contribution is 5.84. The molecule has 0 unspecified atom stereocenters. The second kappa shape index (κ2) is 9.37. The molecule has 5 nitrogen and oxygen atoms in total. The van der Waals surface area contributed by atoms with Gasteiger partial charge in [-0.3, -0.25) is 4.79 Å². The molecule has 5 heteroatoms. The highest BCUT2D eigenvalue weighted by Crippen LogP contribution is 2.22. The van der Waals surface area contributed by atoms with Crippen molar-refractivity contribution in [3.8, 4) is 22.6 Å². The summed E-state index contributed by atoms with van der Waals surface area (Å²) in [5, 5.41) is 3.97. The normalized spacial score (nSPS) is 11.8. The molecule has 1 atom stereocenters. The van der Waals surface area contributed by atoms with Crippen molar-refractivity contribution in [3.05, 3.63) is 84.4 Å². The largest absolute Gasteiger partial charge is 0.497 e. The molecule has 0 heterocycles. The highest BCUT2D eigenvalue weighted by atomic mass is 16.5. The SMILES string of the molecule is COc1ccc(/C=N\NC(=O)[C@@H](C)Oc2ccc(-c3ccccc3)cc2)cc1. The second-order valence-corrected chi connectivity index (χ2v) is 6.16. The molecule has 3 aromatic carbocycles. The third-order valence-corrected chi connectivity index (χ3v) is 4.15.